The Morgan fingerprint density at radius 3 is 3.00 bits per heavy atom. The maximum atomic E-state index is 11.7. The van der Waals surface area contributed by atoms with E-state index in [0.29, 0.717) is 10.5 Å². The van der Waals surface area contributed by atoms with E-state index < -0.39 is 0 Å². The van der Waals surface area contributed by atoms with Gasteiger partial charge in [-0.2, -0.15) is 0 Å². The van der Waals surface area contributed by atoms with Gasteiger partial charge in [-0.25, -0.2) is 4.98 Å². The summed E-state index contributed by atoms with van der Waals surface area (Å²) in [6.45, 7) is 2.10. The molecule has 15 heavy (non-hydrogen) atoms. The highest BCUT2D eigenvalue weighted by Crippen LogP contribution is 2.14. The van der Waals surface area contributed by atoms with Crippen LogP contribution in [0.5, 0.6) is 0 Å². The number of aromatic nitrogens is 2. The van der Waals surface area contributed by atoms with Crippen molar-refractivity contribution in [3.05, 3.63) is 34.6 Å². The summed E-state index contributed by atoms with van der Waals surface area (Å²) in [4.78, 5) is 18.8. The maximum absolute atomic E-state index is 11.7. The minimum atomic E-state index is -0.0563. The lowest BCUT2D eigenvalue weighted by molar-refractivity contribution is 0.968. The third kappa shape index (κ3) is 2.21. The predicted molar refractivity (Wildman–Crippen MR) is 63.4 cm³/mol. The number of rotatable bonds is 3. The highest BCUT2D eigenvalue weighted by molar-refractivity contribution is 7.99. The zero-order chi connectivity index (χ0) is 10.7. The molecule has 0 bridgehead atoms. The molecule has 2 rings (SSSR count). The highest BCUT2D eigenvalue weighted by atomic mass is 32.2. The molecule has 0 saturated carbocycles. The molecular weight excluding hydrogens is 208 g/mol. The van der Waals surface area contributed by atoms with Crippen LogP contribution in [0.4, 0.5) is 0 Å². The van der Waals surface area contributed by atoms with Gasteiger partial charge in [0.15, 0.2) is 5.16 Å². The first-order valence-corrected chi connectivity index (χ1v) is 5.91. The number of para-hydroxylation sites is 1. The third-order valence-corrected chi connectivity index (χ3v) is 3.11. The lowest BCUT2D eigenvalue weighted by Gasteiger charge is -2.00. The number of nitrogens with zero attached hydrogens (tertiary/aromatic N) is 1. The van der Waals surface area contributed by atoms with Gasteiger partial charge in [0.05, 0.1) is 10.9 Å². The molecule has 4 heteroatoms. The number of nitrogens with one attached hydrogen (secondary N) is 1. The molecular formula is C11H12N2OS. The molecule has 2 aromatic rings. The smallest absolute Gasteiger partial charge is 0.259 e. The van der Waals surface area contributed by atoms with Crippen LogP contribution in [0.15, 0.2) is 34.2 Å². The van der Waals surface area contributed by atoms with Crippen molar-refractivity contribution in [3.8, 4) is 0 Å². The lowest BCUT2D eigenvalue weighted by Crippen LogP contribution is -2.08. The molecule has 0 fully saturated rings. The lowest BCUT2D eigenvalue weighted by atomic mass is 10.2. The SMILES string of the molecule is CCCSc1nc2ccccc2c(=O)[nH]1. The van der Waals surface area contributed by atoms with Crippen LogP contribution in [0.2, 0.25) is 0 Å². The van der Waals surface area contributed by atoms with Crippen molar-refractivity contribution in [1.82, 2.24) is 9.97 Å². The molecule has 1 aromatic heterocycles. The first-order chi connectivity index (χ1) is 7.31. The van der Waals surface area contributed by atoms with Crippen molar-refractivity contribution in [1.29, 1.82) is 0 Å². The summed E-state index contributed by atoms with van der Waals surface area (Å²) in [7, 11) is 0. The van der Waals surface area contributed by atoms with Gasteiger partial charge in [-0.3, -0.25) is 4.79 Å². The molecule has 78 valence electrons. The van der Waals surface area contributed by atoms with E-state index >= 15 is 0 Å². The molecule has 0 aliphatic carbocycles. The van der Waals surface area contributed by atoms with Gasteiger partial charge in [0, 0.05) is 5.75 Å². The Morgan fingerprint density at radius 2 is 2.20 bits per heavy atom. The Morgan fingerprint density at radius 1 is 1.40 bits per heavy atom. The first-order valence-electron chi connectivity index (χ1n) is 4.93. The average Bonchev–Trinajstić information content (AvgIpc) is 2.26. The van der Waals surface area contributed by atoms with E-state index in [-0.39, 0.29) is 5.56 Å². The molecule has 0 aliphatic heterocycles. The van der Waals surface area contributed by atoms with Crippen molar-refractivity contribution in [2.75, 3.05) is 5.75 Å². The van der Waals surface area contributed by atoms with Crippen LogP contribution in [-0.4, -0.2) is 15.7 Å². The van der Waals surface area contributed by atoms with Gasteiger partial charge >= 0.3 is 0 Å². The quantitative estimate of drug-likeness (QED) is 0.638. The van der Waals surface area contributed by atoms with Gasteiger partial charge in [-0.1, -0.05) is 30.8 Å². The standard InChI is InChI=1S/C11H12N2OS/c1-2-7-15-11-12-9-6-4-3-5-8(9)10(14)13-11/h3-6H,2,7H2,1H3,(H,12,13,14). The van der Waals surface area contributed by atoms with Crippen LogP contribution in [0.25, 0.3) is 10.9 Å². The van der Waals surface area contributed by atoms with E-state index in [9.17, 15) is 4.79 Å². The Bertz CT molecular complexity index is 521. The van der Waals surface area contributed by atoms with E-state index in [1.807, 2.05) is 18.2 Å². The second kappa shape index (κ2) is 4.49. The number of aromatic amines is 1. The summed E-state index contributed by atoms with van der Waals surface area (Å²) >= 11 is 1.58. The van der Waals surface area contributed by atoms with Gasteiger partial charge in [0.25, 0.3) is 5.56 Å². The maximum Gasteiger partial charge on any atom is 0.259 e. The summed E-state index contributed by atoms with van der Waals surface area (Å²) in [6.07, 6.45) is 1.07. The number of hydrogen-bond donors (Lipinski definition) is 1. The fraction of sp³-hybridized carbons (Fsp3) is 0.273. The Hall–Kier alpha value is -1.29. The highest BCUT2D eigenvalue weighted by Gasteiger charge is 2.02. The van der Waals surface area contributed by atoms with Crippen molar-refractivity contribution >= 4 is 22.7 Å². The zero-order valence-electron chi connectivity index (χ0n) is 8.49. The number of benzene rings is 1. The Kier molecular flexibility index (Phi) is 3.06. The number of thioether (sulfide) groups is 1. The van der Waals surface area contributed by atoms with Crippen molar-refractivity contribution in [3.63, 3.8) is 0 Å². The minimum Gasteiger partial charge on any atom is -0.301 e. The molecule has 0 radical (unpaired) electrons. The van der Waals surface area contributed by atoms with Gasteiger partial charge in [0.1, 0.15) is 0 Å². The second-order valence-corrected chi connectivity index (χ2v) is 4.32. The topological polar surface area (TPSA) is 45.8 Å². The zero-order valence-corrected chi connectivity index (χ0v) is 9.30. The van der Waals surface area contributed by atoms with Crippen LogP contribution < -0.4 is 5.56 Å². The molecule has 0 spiro atoms. The minimum absolute atomic E-state index is 0.0563. The second-order valence-electron chi connectivity index (χ2n) is 3.24. The summed E-state index contributed by atoms with van der Waals surface area (Å²) in [6, 6.07) is 7.39. The normalized spacial score (nSPS) is 10.7. The molecule has 1 heterocycles. The molecule has 0 atom stereocenters. The fourth-order valence-corrected chi connectivity index (χ4v) is 2.06. The third-order valence-electron chi connectivity index (χ3n) is 2.03. The van der Waals surface area contributed by atoms with Crippen molar-refractivity contribution in [2.45, 2.75) is 18.5 Å². The molecule has 1 aromatic carbocycles. The van der Waals surface area contributed by atoms with Gasteiger partial charge in [0.2, 0.25) is 0 Å². The predicted octanol–water partition coefficient (Wildman–Crippen LogP) is 2.43. The van der Waals surface area contributed by atoms with E-state index in [1.54, 1.807) is 17.8 Å². The first kappa shape index (κ1) is 10.2. The number of H-pyrrole nitrogens is 1. The van der Waals surface area contributed by atoms with E-state index in [4.69, 9.17) is 0 Å². The average molecular weight is 220 g/mol. The monoisotopic (exact) mass is 220 g/mol. The molecule has 0 saturated heterocycles. The van der Waals surface area contributed by atoms with E-state index in [2.05, 4.69) is 16.9 Å². The van der Waals surface area contributed by atoms with Gasteiger partial charge in [-0.15, -0.1) is 0 Å². The van der Waals surface area contributed by atoms with Crippen LogP contribution >= 0.6 is 11.8 Å². The van der Waals surface area contributed by atoms with Crippen LogP contribution in [-0.2, 0) is 0 Å². The Balaban J connectivity index is 2.48. The fourth-order valence-electron chi connectivity index (χ4n) is 1.33. The number of hydrogen-bond acceptors (Lipinski definition) is 3. The summed E-state index contributed by atoms with van der Waals surface area (Å²) < 4.78 is 0. The van der Waals surface area contributed by atoms with Gasteiger partial charge in [-0.05, 0) is 18.6 Å². The van der Waals surface area contributed by atoms with Crippen LogP contribution in [0.3, 0.4) is 0 Å². The van der Waals surface area contributed by atoms with E-state index in [0.717, 1.165) is 17.7 Å². The number of fused-ring (bicyclic) bond motifs is 1. The van der Waals surface area contributed by atoms with Crippen molar-refractivity contribution < 1.29 is 0 Å². The van der Waals surface area contributed by atoms with E-state index in [1.165, 1.54) is 0 Å². The largest absolute Gasteiger partial charge is 0.301 e. The van der Waals surface area contributed by atoms with Crippen LogP contribution in [0, 0.1) is 0 Å². The molecule has 0 aliphatic rings. The summed E-state index contributed by atoms with van der Waals surface area (Å²) in [5, 5.41) is 1.36. The van der Waals surface area contributed by atoms with Gasteiger partial charge < -0.3 is 4.98 Å². The summed E-state index contributed by atoms with van der Waals surface area (Å²) in [5.41, 5.74) is 0.707. The van der Waals surface area contributed by atoms with Crippen LogP contribution in [0.1, 0.15) is 13.3 Å². The molecule has 3 nitrogen and oxygen atoms in total. The molecule has 0 unspecified atom stereocenters. The Labute approximate surface area is 91.9 Å². The molecule has 1 N–H and O–H groups in total. The van der Waals surface area contributed by atoms with Crippen molar-refractivity contribution in [2.24, 2.45) is 0 Å². The summed E-state index contributed by atoms with van der Waals surface area (Å²) in [5.74, 6) is 0.973. The molecule has 0 amide bonds.